The molecule has 1 aliphatic heterocycles. The average Bonchev–Trinajstić information content (AvgIpc) is 3.37. The fourth-order valence-corrected chi connectivity index (χ4v) is 10.6. The molecule has 0 atom stereocenters. The fourth-order valence-electron chi connectivity index (χ4n) is 6.69. The van der Waals surface area contributed by atoms with Crippen LogP contribution in [0.1, 0.15) is 27.7 Å². The van der Waals surface area contributed by atoms with Gasteiger partial charge in [-0.1, -0.05) is 76.1 Å². The van der Waals surface area contributed by atoms with E-state index in [0.717, 1.165) is 0 Å². The van der Waals surface area contributed by atoms with Crippen molar-refractivity contribution >= 4 is 107 Å². The smallest absolute Gasteiger partial charge is 0.136 e. The SMILES string of the molecule is CC1(C)CB(c2ccc3sc4c5ccccc5cc5sc6ccc7sc2c3c7c6c54)CC1(C)C. The first-order chi connectivity index (χ1) is 16.3. The number of hydrogen-bond acceptors (Lipinski definition) is 3. The van der Waals surface area contributed by atoms with Crippen molar-refractivity contribution in [3.63, 3.8) is 0 Å². The summed E-state index contributed by atoms with van der Waals surface area (Å²) in [5, 5.41) is 8.76. The van der Waals surface area contributed by atoms with Crippen molar-refractivity contribution in [2.75, 3.05) is 0 Å². The molecule has 7 aromatic rings. The highest BCUT2D eigenvalue weighted by Gasteiger charge is 2.48. The fraction of sp³-hybridized carbons (Fsp3) is 0.267. The van der Waals surface area contributed by atoms with E-state index < -0.39 is 0 Å². The van der Waals surface area contributed by atoms with E-state index in [2.05, 4.69) is 82.3 Å². The molecule has 4 aromatic carbocycles. The van der Waals surface area contributed by atoms with Crippen LogP contribution in [0.25, 0.3) is 60.5 Å². The number of rotatable bonds is 1. The zero-order valence-corrected chi connectivity index (χ0v) is 22.4. The first-order valence-corrected chi connectivity index (χ1v) is 14.7. The zero-order chi connectivity index (χ0) is 23.0. The third kappa shape index (κ3) is 2.40. The zero-order valence-electron chi connectivity index (χ0n) is 19.9. The minimum Gasteiger partial charge on any atom is -0.136 e. The van der Waals surface area contributed by atoms with Crippen LogP contribution >= 0.6 is 34.0 Å². The summed E-state index contributed by atoms with van der Waals surface area (Å²) in [5.74, 6) is 0. The molecule has 0 saturated carbocycles. The van der Waals surface area contributed by atoms with Crippen LogP contribution in [-0.2, 0) is 0 Å². The molecule has 3 aromatic heterocycles. The molecule has 1 aliphatic rings. The van der Waals surface area contributed by atoms with E-state index in [9.17, 15) is 0 Å². The Kier molecular flexibility index (Phi) is 3.75. The average molecular weight is 493 g/mol. The normalized spacial score (nSPS) is 18.2. The largest absolute Gasteiger partial charge is 0.178 e. The summed E-state index contributed by atoms with van der Waals surface area (Å²) >= 11 is 6.02. The lowest BCUT2D eigenvalue weighted by Crippen LogP contribution is -2.28. The maximum Gasteiger partial charge on any atom is 0.178 e. The van der Waals surface area contributed by atoms with E-state index in [1.54, 1.807) is 10.2 Å². The van der Waals surface area contributed by atoms with Gasteiger partial charge in [-0.15, -0.1) is 34.0 Å². The van der Waals surface area contributed by atoms with Crippen molar-refractivity contribution in [3.8, 4) is 0 Å². The molecule has 166 valence electrons. The topological polar surface area (TPSA) is 0 Å². The highest BCUT2D eigenvalue weighted by molar-refractivity contribution is 7.32. The third-order valence-electron chi connectivity index (χ3n) is 9.17. The van der Waals surface area contributed by atoms with Gasteiger partial charge in [-0.2, -0.15) is 0 Å². The summed E-state index contributed by atoms with van der Waals surface area (Å²) in [6, 6.07) is 21.1. The van der Waals surface area contributed by atoms with E-state index in [1.807, 2.05) is 34.0 Å². The van der Waals surface area contributed by atoms with E-state index in [-0.39, 0.29) is 0 Å². The standard InChI is InChI=1S/C30H25BS3/c1-29(2)14-31(15-30(29,3)4)18-9-10-21-25-24-20(34-28(18)25)12-11-19-23(24)26-22(32-19)13-16-7-5-6-8-17(16)27(26)33-21/h5-13H,14-15H2,1-4H3. The predicted octanol–water partition coefficient (Wildman–Crippen LogP) is 10.00. The number of thiophene rings is 2. The summed E-state index contributed by atoms with van der Waals surface area (Å²) in [6.45, 7) is 10.5. The Morgan fingerprint density at radius 2 is 1.21 bits per heavy atom. The van der Waals surface area contributed by atoms with Crippen molar-refractivity contribution in [2.24, 2.45) is 10.8 Å². The Morgan fingerprint density at radius 1 is 0.618 bits per heavy atom. The lowest BCUT2D eigenvalue weighted by Gasteiger charge is -2.35. The van der Waals surface area contributed by atoms with Crippen LogP contribution in [-0.4, -0.2) is 6.71 Å². The number of fused-ring (bicyclic) bond motifs is 2. The van der Waals surface area contributed by atoms with Gasteiger partial charge in [-0.25, -0.2) is 0 Å². The van der Waals surface area contributed by atoms with E-state index in [0.29, 0.717) is 17.5 Å². The van der Waals surface area contributed by atoms with Crippen molar-refractivity contribution in [1.82, 2.24) is 0 Å². The summed E-state index contributed by atoms with van der Waals surface area (Å²) in [6.07, 6.45) is 2.55. The van der Waals surface area contributed by atoms with Gasteiger partial charge in [-0.3, -0.25) is 0 Å². The van der Waals surface area contributed by atoms with Gasteiger partial charge in [0.2, 0.25) is 0 Å². The van der Waals surface area contributed by atoms with Crippen LogP contribution in [0.15, 0.2) is 54.6 Å². The molecule has 4 heteroatoms. The van der Waals surface area contributed by atoms with Gasteiger partial charge < -0.3 is 0 Å². The van der Waals surface area contributed by atoms with Gasteiger partial charge >= 0.3 is 0 Å². The minimum atomic E-state index is 0.365. The van der Waals surface area contributed by atoms with Crippen LogP contribution in [0.3, 0.4) is 0 Å². The van der Waals surface area contributed by atoms with Crippen LogP contribution < -0.4 is 5.46 Å². The van der Waals surface area contributed by atoms with E-state index in [4.69, 9.17) is 0 Å². The molecule has 0 bridgehead atoms. The van der Waals surface area contributed by atoms with Crippen molar-refractivity contribution in [1.29, 1.82) is 0 Å². The van der Waals surface area contributed by atoms with E-state index >= 15 is 0 Å². The monoisotopic (exact) mass is 492 g/mol. The van der Waals surface area contributed by atoms with E-state index in [1.165, 1.54) is 68.5 Å². The molecule has 34 heavy (non-hydrogen) atoms. The van der Waals surface area contributed by atoms with Crippen LogP contribution in [0.5, 0.6) is 0 Å². The molecule has 0 N–H and O–H groups in total. The van der Waals surface area contributed by atoms with Crippen LogP contribution in [0, 0.1) is 10.8 Å². The Balaban J connectivity index is 1.56. The van der Waals surface area contributed by atoms with Gasteiger partial charge in [0, 0.05) is 49.7 Å². The molecular formula is C30H25BS3. The van der Waals surface area contributed by atoms with Gasteiger partial charge in [0.1, 0.15) is 0 Å². The second-order valence-corrected chi connectivity index (χ2v) is 14.8. The molecule has 0 spiro atoms. The van der Waals surface area contributed by atoms with Gasteiger partial charge in [-0.05, 0) is 45.9 Å². The lowest BCUT2D eigenvalue weighted by atomic mass is 9.42. The van der Waals surface area contributed by atoms with Crippen molar-refractivity contribution in [2.45, 2.75) is 40.3 Å². The Labute approximate surface area is 211 Å². The maximum absolute atomic E-state index is 2.49. The van der Waals surface area contributed by atoms with Crippen LogP contribution in [0.2, 0.25) is 12.6 Å². The predicted molar refractivity (Wildman–Crippen MR) is 159 cm³/mol. The molecular weight excluding hydrogens is 467 g/mol. The summed E-state index contributed by atoms with van der Waals surface area (Å²) in [7, 11) is 0. The Hall–Kier alpha value is -2.14. The lowest BCUT2D eigenvalue weighted by molar-refractivity contribution is 0.177. The minimum absolute atomic E-state index is 0.365. The second-order valence-electron chi connectivity index (χ2n) is 11.6. The summed E-state index contributed by atoms with van der Waals surface area (Å²) in [4.78, 5) is 0. The number of hydrogen-bond donors (Lipinski definition) is 0. The van der Waals surface area contributed by atoms with Gasteiger partial charge in [0.25, 0.3) is 0 Å². The maximum atomic E-state index is 2.49. The Bertz CT molecular complexity index is 1910. The first-order valence-electron chi connectivity index (χ1n) is 12.3. The molecule has 0 unspecified atom stereocenters. The molecule has 0 nitrogen and oxygen atoms in total. The molecule has 8 rings (SSSR count). The quantitative estimate of drug-likeness (QED) is 0.200. The Morgan fingerprint density at radius 3 is 1.97 bits per heavy atom. The van der Waals surface area contributed by atoms with Crippen molar-refractivity contribution < 1.29 is 0 Å². The highest BCUT2D eigenvalue weighted by atomic mass is 32.1. The van der Waals surface area contributed by atoms with Gasteiger partial charge in [0.05, 0.1) is 0 Å². The molecule has 0 radical (unpaired) electrons. The van der Waals surface area contributed by atoms with Crippen LogP contribution in [0.4, 0.5) is 0 Å². The second kappa shape index (κ2) is 6.35. The first kappa shape index (κ1) is 20.1. The third-order valence-corrected chi connectivity index (χ3v) is 12.7. The molecule has 4 heterocycles. The highest BCUT2D eigenvalue weighted by Crippen LogP contribution is 2.54. The van der Waals surface area contributed by atoms with Gasteiger partial charge in [0.15, 0.2) is 6.71 Å². The molecule has 0 aliphatic carbocycles. The molecule has 0 amide bonds. The van der Waals surface area contributed by atoms with Crippen molar-refractivity contribution in [3.05, 3.63) is 54.6 Å². The molecule has 1 saturated heterocycles. The summed E-state index contributed by atoms with van der Waals surface area (Å²) < 4.78 is 8.74. The summed E-state index contributed by atoms with van der Waals surface area (Å²) in [5.41, 5.74) is 2.32. The number of benzene rings is 4. The molecule has 1 fully saturated rings.